The lowest BCUT2D eigenvalue weighted by molar-refractivity contribution is 0.391. The van der Waals surface area contributed by atoms with Gasteiger partial charge in [-0.25, -0.2) is 0 Å². The van der Waals surface area contributed by atoms with Crippen molar-refractivity contribution >= 4 is 5.69 Å². The Bertz CT molecular complexity index is 395. The Kier molecular flexibility index (Phi) is 2.49. The summed E-state index contributed by atoms with van der Waals surface area (Å²) in [6.07, 6.45) is 0. The molecule has 0 spiro atoms. The van der Waals surface area contributed by atoms with Gasteiger partial charge in [-0.05, 0) is 19.1 Å². The molecule has 2 rings (SSSR count). The van der Waals surface area contributed by atoms with Gasteiger partial charge in [0.15, 0.2) is 0 Å². The summed E-state index contributed by atoms with van der Waals surface area (Å²) in [4.78, 5) is 0. The second-order valence-electron chi connectivity index (χ2n) is 3.15. The van der Waals surface area contributed by atoms with E-state index in [0.29, 0.717) is 6.54 Å². The van der Waals surface area contributed by atoms with Gasteiger partial charge in [0, 0.05) is 11.8 Å². The van der Waals surface area contributed by atoms with Gasteiger partial charge >= 0.3 is 0 Å². The summed E-state index contributed by atoms with van der Waals surface area (Å²) >= 11 is 0. The number of nitrogens with one attached hydrogen (secondary N) is 1. The zero-order chi connectivity index (χ0) is 9.80. The van der Waals surface area contributed by atoms with E-state index in [0.717, 1.165) is 17.1 Å². The van der Waals surface area contributed by atoms with Gasteiger partial charge in [-0.3, -0.25) is 0 Å². The summed E-state index contributed by atoms with van der Waals surface area (Å²) in [5, 5.41) is 7.15. The quantitative estimate of drug-likeness (QED) is 0.804. The fraction of sp³-hybridized carbons (Fsp3) is 0.182. The first-order chi connectivity index (χ1) is 6.84. The molecule has 0 saturated carbocycles. The van der Waals surface area contributed by atoms with E-state index in [1.54, 1.807) is 0 Å². The average Bonchev–Trinajstić information content (AvgIpc) is 2.63. The largest absolute Gasteiger partial charge is 0.379 e. The number of para-hydroxylation sites is 1. The van der Waals surface area contributed by atoms with Crippen LogP contribution in [0.1, 0.15) is 11.5 Å². The van der Waals surface area contributed by atoms with E-state index in [-0.39, 0.29) is 0 Å². The van der Waals surface area contributed by atoms with Gasteiger partial charge in [-0.1, -0.05) is 23.4 Å². The molecule has 3 heteroatoms. The van der Waals surface area contributed by atoms with E-state index in [9.17, 15) is 0 Å². The predicted molar refractivity (Wildman–Crippen MR) is 55.0 cm³/mol. The van der Waals surface area contributed by atoms with Crippen LogP contribution in [0.3, 0.4) is 0 Å². The first kappa shape index (κ1) is 8.81. The zero-order valence-electron chi connectivity index (χ0n) is 8.03. The SMILES string of the molecule is Cc1cc(CNc2ccccc2)no1. The summed E-state index contributed by atoms with van der Waals surface area (Å²) in [5.74, 6) is 0.842. The van der Waals surface area contributed by atoms with Crippen molar-refractivity contribution in [1.29, 1.82) is 0 Å². The Morgan fingerprint density at radius 2 is 2.07 bits per heavy atom. The summed E-state index contributed by atoms with van der Waals surface area (Å²) in [7, 11) is 0. The van der Waals surface area contributed by atoms with Crippen LogP contribution in [0.15, 0.2) is 40.9 Å². The highest BCUT2D eigenvalue weighted by Gasteiger charge is 1.98. The minimum Gasteiger partial charge on any atom is -0.379 e. The topological polar surface area (TPSA) is 38.1 Å². The molecule has 0 aliphatic heterocycles. The van der Waals surface area contributed by atoms with Crippen molar-refractivity contribution in [3.63, 3.8) is 0 Å². The molecule has 1 N–H and O–H groups in total. The van der Waals surface area contributed by atoms with Crippen LogP contribution in [0.2, 0.25) is 0 Å². The Balaban J connectivity index is 1.95. The Morgan fingerprint density at radius 1 is 1.29 bits per heavy atom. The first-order valence-electron chi connectivity index (χ1n) is 4.56. The van der Waals surface area contributed by atoms with E-state index in [4.69, 9.17) is 4.52 Å². The number of aromatic nitrogens is 1. The molecule has 0 amide bonds. The van der Waals surface area contributed by atoms with Crippen molar-refractivity contribution in [2.45, 2.75) is 13.5 Å². The van der Waals surface area contributed by atoms with Crippen LogP contribution in [0.5, 0.6) is 0 Å². The maximum Gasteiger partial charge on any atom is 0.133 e. The molecule has 72 valence electrons. The third-order valence-corrected chi connectivity index (χ3v) is 1.92. The molecule has 0 unspecified atom stereocenters. The van der Waals surface area contributed by atoms with Gasteiger partial charge in [0.1, 0.15) is 11.5 Å². The molecule has 2 aromatic rings. The van der Waals surface area contributed by atoms with Crippen molar-refractivity contribution < 1.29 is 4.52 Å². The maximum absolute atomic E-state index is 4.96. The summed E-state index contributed by atoms with van der Waals surface area (Å²) in [6, 6.07) is 12.0. The van der Waals surface area contributed by atoms with E-state index in [1.165, 1.54) is 0 Å². The third-order valence-electron chi connectivity index (χ3n) is 1.92. The van der Waals surface area contributed by atoms with E-state index >= 15 is 0 Å². The van der Waals surface area contributed by atoms with E-state index in [2.05, 4.69) is 10.5 Å². The molecule has 0 atom stereocenters. The molecule has 3 nitrogen and oxygen atoms in total. The fourth-order valence-electron chi connectivity index (χ4n) is 1.25. The Morgan fingerprint density at radius 3 is 2.71 bits per heavy atom. The van der Waals surface area contributed by atoms with Crippen molar-refractivity contribution in [2.75, 3.05) is 5.32 Å². The Labute approximate surface area is 82.7 Å². The van der Waals surface area contributed by atoms with Crippen LogP contribution in [-0.4, -0.2) is 5.16 Å². The van der Waals surface area contributed by atoms with Crippen LogP contribution in [0.25, 0.3) is 0 Å². The third kappa shape index (κ3) is 2.13. The second-order valence-corrected chi connectivity index (χ2v) is 3.15. The number of hydrogen-bond donors (Lipinski definition) is 1. The van der Waals surface area contributed by atoms with Crippen LogP contribution in [0, 0.1) is 6.92 Å². The molecule has 14 heavy (non-hydrogen) atoms. The summed E-state index contributed by atoms with van der Waals surface area (Å²) < 4.78 is 4.96. The number of anilines is 1. The molecular formula is C11H12N2O. The van der Waals surface area contributed by atoms with Gasteiger partial charge < -0.3 is 9.84 Å². The molecule has 0 bridgehead atoms. The van der Waals surface area contributed by atoms with Crippen LogP contribution < -0.4 is 5.32 Å². The molecule has 0 radical (unpaired) electrons. The zero-order valence-corrected chi connectivity index (χ0v) is 8.03. The predicted octanol–water partition coefficient (Wildman–Crippen LogP) is 2.60. The van der Waals surface area contributed by atoms with Crippen LogP contribution >= 0.6 is 0 Å². The highest BCUT2D eigenvalue weighted by molar-refractivity contribution is 5.42. The lowest BCUT2D eigenvalue weighted by Gasteiger charge is -2.01. The van der Waals surface area contributed by atoms with Gasteiger partial charge in [0.25, 0.3) is 0 Å². The normalized spacial score (nSPS) is 10.1. The molecular weight excluding hydrogens is 176 g/mol. The standard InChI is InChI=1S/C11H12N2O/c1-9-7-11(13-14-9)8-12-10-5-3-2-4-6-10/h2-7,12H,8H2,1H3. The minimum absolute atomic E-state index is 0.696. The van der Waals surface area contributed by atoms with Crippen LogP contribution in [-0.2, 0) is 6.54 Å². The lowest BCUT2D eigenvalue weighted by atomic mass is 10.3. The molecule has 0 fully saturated rings. The van der Waals surface area contributed by atoms with E-state index in [1.807, 2.05) is 43.3 Å². The number of aryl methyl sites for hydroxylation is 1. The molecule has 1 aromatic carbocycles. The van der Waals surface area contributed by atoms with Crippen molar-refractivity contribution in [3.05, 3.63) is 47.9 Å². The molecule has 1 aromatic heterocycles. The molecule has 0 aliphatic rings. The number of hydrogen-bond acceptors (Lipinski definition) is 3. The number of nitrogens with zero attached hydrogens (tertiary/aromatic N) is 1. The highest BCUT2D eigenvalue weighted by atomic mass is 16.5. The van der Waals surface area contributed by atoms with Crippen molar-refractivity contribution in [2.24, 2.45) is 0 Å². The van der Waals surface area contributed by atoms with Gasteiger partial charge in [0.05, 0.1) is 6.54 Å². The average molecular weight is 188 g/mol. The molecule has 0 saturated heterocycles. The molecule has 1 heterocycles. The van der Waals surface area contributed by atoms with Gasteiger partial charge in [-0.2, -0.15) is 0 Å². The Hall–Kier alpha value is -1.77. The first-order valence-corrected chi connectivity index (χ1v) is 4.56. The van der Waals surface area contributed by atoms with Crippen molar-refractivity contribution in [1.82, 2.24) is 5.16 Å². The van der Waals surface area contributed by atoms with Gasteiger partial charge in [-0.15, -0.1) is 0 Å². The maximum atomic E-state index is 4.96. The second kappa shape index (κ2) is 3.96. The van der Waals surface area contributed by atoms with Crippen LogP contribution in [0.4, 0.5) is 5.69 Å². The molecule has 0 aliphatic carbocycles. The lowest BCUT2D eigenvalue weighted by Crippen LogP contribution is -1.98. The minimum atomic E-state index is 0.696. The smallest absolute Gasteiger partial charge is 0.133 e. The highest BCUT2D eigenvalue weighted by Crippen LogP contribution is 2.08. The number of benzene rings is 1. The monoisotopic (exact) mass is 188 g/mol. The van der Waals surface area contributed by atoms with Crippen molar-refractivity contribution in [3.8, 4) is 0 Å². The summed E-state index contributed by atoms with van der Waals surface area (Å²) in [6.45, 7) is 2.58. The fourth-order valence-corrected chi connectivity index (χ4v) is 1.25. The summed E-state index contributed by atoms with van der Waals surface area (Å²) in [5.41, 5.74) is 2.01. The van der Waals surface area contributed by atoms with E-state index < -0.39 is 0 Å². The number of rotatable bonds is 3. The van der Waals surface area contributed by atoms with Gasteiger partial charge in [0.2, 0.25) is 0 Å².